The van der Waals surface area contributed by atoms with Crippen LogP contribution < -0.4 is 5.32 Å². The second-order valence-electron chi connectivity index (χ2n) is 9.49. The highest BCUT2D eigenvalue weighted by Gasteiger charge is 2.39. The molecule has 2 atom stereocenters. The van der Waals surface area contributed by atoms with E-state index in [0.717, 1.165) is 11.1 Å². The van der Waals surface area contributed by atoms with Crippen LogP contribution in [-0.4, -0.2) is 78.0 Å². The van der Waals surface area contributed by atoms with Crippen molar-refractivity contribution >= 4 is 17.9 Å². The highest BCUT2D eigenvalue weighted by atomic mass is 16.5. The van der Waals surface area contributed by atoms with Gasteiger partial charge in [-0.05, 0) is 31.9 Å². The van der Waals surface area contributed by atoms with E-state index in [4.69, 9.17) is 4.74 Å². The highest BCUT2D eigenvalue weighted by molar-refractivity contribution is 5.95. The van der Waals surface area contributed by atoms with Gasteiger partial charge in [-0.15, -0.1) is 6.58 Å². The summed E-state index contributed by atoms with van der Waals surface area (Å²) in [5.74, 6) is -0.345. The summed E-state index contributed by atoms with van der Waals surface area (Å²) in [5.41, 5.74) is 2.90. The number of urea groups is 1. The molecule has 0 saturated carbocycles. The molecule has 2 heterocycles. The standard InChI is InChI=1S/C27H38N4O4/c1-7-13-31-22(17-29-14-15-30(20(6)16-29)25(32)18(3)4)23(26(33)35-8-2)24(28-27(31)34)21-12-10-9-11-19(21)5/h7,9-12,18,20,24H,1,8,13-17H2,2-6H3,(H,28,34)/t20-,24-/m0/s1. The summed E-state index contributed by atoms with van der Waals surface area (Å²) in [7, 11) is 0. The Bertz CT molecular complexity index is 1000. The topological polar surface area (TPSA) is 82.2 Å². The minimum Gasteiger partial charge on any atom is -0.463 e. The normalized spacial score (nSPS) is 21.3. The van der Waals surface area contributed by atoms with Crippen LogP contribution in [0, 0.1) is 12.8 Å². The number of esters is 1. The Hall–Kier alpha value is -3.13. The van der Waals surface area contributed by atoms with Crippen molar-refractivity contribution < 1.29 is 19.1 Å². The molecule has 3 amide bonds. The molecule has 35 heavy (non-hydrogen) atoms. The van der Waals surface area contributed by atoms with Gasteiger partial charge in [0.1, 0.15) is 0 Å². The Balaban J connectivity index is 2.02. The lowest BCUT2D eigenvalue weighted by atomic mass is 9.91. The molecular weight excluding hydrogens is 444 g/mol. The van der Waals surface area contributed by atoms with Gasteiger partial charge < -0.3 is 15.0 Å². The van der Waals surface area contributed by atoms with Crippen LogP contribution in [0.3, 0.4) is 0 Å². The second kappa shape index (κ2) is 11.5. The van der Waals surface area contributed by atoms with Gasteiger partial charge in [-0.1, -0.05) is 44.2 Å². The number of piperazine rings is 1. The van der Waals surface area contributed by atoms with Crippen LogP contribution >= 0.6 is 0 Å². The molecule has 8 nitrogen and oxygen atoms in total. The van der Waals surface area contributed by atoms with Gasteiger partial charge >= 0.3 is 12.0 Å². The summed E-state index contributed by atoms with van der Waals surface area (Å²) in [5, 5.41) is 3.02. The fraction of sp³-hybridized carbons (Fsp3) is 0.519. The first-order valence-electron chi connectivity index (χ1n) is 12.4. The maximum atomic E-state index is 13.3. The monoisotopic (exact) mass is 482 g/mol. The molecule has 1 saturated heterocycles. The van der Waals surface area contributed by atoms with Crippen LogP contribution in [0.1, 0.15) is 44.9 Å². The third-order valence-electron chi connectivity index (χ3n) is 6.61. The molecule has 0 radical (unpaired) electrons. The fourth-order valence-corrected chi connectivity index (χ4v) is 4.84. The van der Waals surface area contributed by atoms with E-state index >= 15 is 0 Å². The van der Waals surface area contributed by atoms with Gasteiger partial charge in [0.2, 0.25) is 5.91 Å². The molecule has 3 rings (SSSR count). The lowest BCUT2D eigenvalue weighted by molar-refractivity contribution is -0.139. The van der Waals surface area contributed by atoms with Gasteiger partial charge in [0, 0.05) is 50.4 Å². The van der Waals surface area contributed by atoms with E-state index in [2.05, 4.69) is 16.8 Å². The molecule has 8 heteroatoms. The molecule has 1 N–H and O–H groups in total. The summed E-state index contributed by atoms with van der Waals surface area (Å²) in [4.78, 5) is 44.9. The Morgan fingerprint density at radius 2 is 1.97 bits per heavy atom. The van der Waals surface area contributed by atoms with Gasteiger partial charge in [-0.2, -0.15) is 0 Å². The predicted octanol–water partition coefficient (Wildman–Crippen LogP) is 3.25. The van der Waals surface area contributed by atoms with E-state index in [1.165, 1.54) is 0 Å². The first-order valence-corrected chi connectivity index (χ1v) is 12.4. The van der Waals surface area contributed by atoms with Gasteiger partial charge in [0.25, 0.3) is 0 Å². The van der Waals surface area contributed by atoms with E-state index in [1.54, 1.807) is 17.9 Å². The summed E-state index contributed by atoms with van der Waals surface area (Å²) in [6.45, 7) is 16.2. The van der Waals surface area contributed by atoms with Gasteiger partial charge in [-0.3, -0.25) is 14.6 Å². The Kier molecular flexibility index (Phi) is 8.72. The lowest BCUT2D eigenvalue weighted by Gasteiger charge is -2.43. The molecule has 0 bridgehead atoms. The van der Waals surface area contributed by atoms with Crippen molar-refractivity contribution in [3.8, 4) is 0 Å². The van der Waals surface area contributed by atoms with E-state index in [-0.39, 0.29) is 37.0 Å². The van der Waals surface area contributed by atoms with Crippen molar-refractivity contribution in [1.82, 2.24) is 20.0 Å². The maximum Gasteiger partial charge on any atom is 0.338 e. The average molecular weight is 483 g/mol. The van der Waals surface area contributed by atoms with Crippen LogP contribution in [0.15, 0.2) is 48.2 Å². The van der Waals surface area contributed by atoms with E-state index < -0.39 is 12.0 Å². The van der Waals surface area contributed by atoms with Crippen LogP contribution in [-0.2, 0) is 14.3 Å². The number of carbonyl (C=O) groups is 3. The maximum absolute atomic E-state index is 13.3. The van der Waals surface area contributed by atoms with Crippen LogP contribution in [0.4, 0.5) is 4.79 Å². The zero-order valence-corrected chi connectivity index (χ0v) is 21.5. The van der Waals surface area contributed by atoms with Crippen molar-refractivity contribution in [2.75, 3.05) is 39.3 Å². The van der Waals surface area contributed by atoms with Crippen molar-refractivity contribution in [2.45, 2.75) is 46.7 Å². The SMILES string of the molecule is C=CCN1C(=O)N[C@@H](c2ccccc2C)C(C(=O)OCC)=C1CN1CCN(C(=O)C(C)C)[C@@H](C)C1. The predicted molar refractivity (Wildman–Crippen MR) is 135 cm³/mol. The molecule has 1 aromatic rings. The number of carbonyl (C=O) groups excluding carboxylic acids is 3. The summed E-state index contributed by atoms with van der Waals surface area (Å²) >= 11 is 0. The van der Waals surface area contributed by atoms with Gasteiger partial charge in [0.05, 0.1) is 18.2 Å². The van der Waals surface area contributed by atoms with E-state index in [1.807, 2.05) is 56.9 Å². The summed E-state index contributed by atoms with van der Waals surface area (Å²) in [6.07, 6.45) is 1.65. The number of amides is 3. The molecule has 0 aromatic heterocycles. The van der Waals surface area contributed by atoms with Gasteiger partial charge in [0.15, 0.2) is 0 Å². The summed E-state index contributed by atoms with van der Waals surface area (Å²) in [6, 6.07) is 6.87. The number of hydrogen-bond acceptors (Lipinski definition) is 5. The summed E-state index contributed by atoms with van der Waals surface area (Å²) < 4.78 is 5.48. The molecule has 0 spiro atoms. The zero-order valence-electron chi connectivity index (χ0n) is 21.5. The molecule has 1 fully saturated rings. The number of nitrogens with zero attached hydrogens (tertiary/aromatic N) is 3. The smallest absolute Gasteiger partial charge is 0.338 e. The van der Waals surface area contributed by atoms with Crippen LogP contribution in [0.5, 0.6) is 0 Å². The first kappa shape index (κ1) is 26.5. The third-order valence-corrected chi connectivity index (χ3v) is 6.61. The molecule has 1 aromatic carbocycles. The number of nitrogens with one attached hydrogen (secondary N) is 1. The number of rotatable bonds is 8. The molecule has 0 aliphatic carbocycles. The quantitative estimate of drug-likeness (QED) is 0.454. The number of hydrogen-bond donors (Lipinski definition) is 1. The van der Waals surface area contributed by atoms with Crippen LogP contribution in [0.2, 0.25) is 0 Å². The van der Waals surface area contributed by atoms with Crippen LogP contribution in [0.25, 0.3) is 0 Å². The second-order valence-corrected chi connectivity index (χ2v) is 9.49. The highest BCUT2D eigenvalue weighted by Crippen LogP contribution is 2.34. The third kappa shape index (κ3) is 5.75. The molecule has 2 aliphatic heterocycles. The fourth-order valence-electron chi connectivity index (χ4n) is 4.84. The van der Waals surface area contributed by atoms with Crippen molar-refractivity contribution in [3.63, 3.8) is 0 Å². The lowest BCUT2D eigenvalue weighted by Crippen LogP contribution is -2.57. The van der Waals surface area contributed by atoms with E-state index in [0.29, 0.717) is 37.4 Å². The average Bonchev–Trinajstić information content (AvgIpc) is 2.81. The minimum absolute atomic E-state index is 0.0303. The molecule has 0 unspecified atom stereocenters. The Morgan fingerprint density at radius 1 is 1.26 bits per heavy atom. The van der Waals surface area contributed by atoms with Gasteiger partial charge in [-0.25, -0.2) is 9.59 Å². The zero-order chi connectivity index (χ0) is 25.7. The molecular formula is C27H38N4O4. The van der Waals surface area contributed by atoms with Crippen molar-refractivity contribution in [1.29, 1.82) is 0 Å². The number of ether oxygens (including phenoxy) is 1. The van der Waals surface area contributed by atoms with Crippen molar-refractivity contribution in [2.24, 2.45) is 5.92 Å². The number of benzene rings is 1. The minimum atomic E-state index is -0.611. The Morgan fingerprint density at radius 3 is 2.57 bits per heavy atom. The Labute approximate surface area is 208 Å². The molecule has 2 aliphatic rings. The van der Waals surface area contributed by atoms with Crippen molar-refractivity contribution in [3.05, 3.63) is 59.3 Å². The molecule has 190 valence electrons. The first-order chi connectivity index (χ1) is 16.7. The largest absolute Gasteiger partial charge is 0.463 e. The number of aryl methyl sites for hydroxylation is 1. The van der Waals surface area contributed by atoms with E-state index in [9.17, 15) is 14.4 Å².